The molecule has 6 heteroatoms. The molecule has 5 nitrogen and oxygen atoms in total. The van der Waals surface area contributed by atoms with Gasteiger partial charge in [0, 0.05) is 18.7 Å². The van der Waals surface area contributed by atoms with Gasteiger partial charge >= 0.3 is 0 Å². The molecule has 0 unspecified atom stereocenters. The Morgan fingerprint density at radius 3 is 2.62 bits per heavy atom. The van der Waals surface area contributed by atoms with E-state index in [9.17, 15) is 8.42 Å². The lowest BCUT2D eigenvalue weighted by atomic mass is 10.2. The Hall–Kier alpha value is -1.11. The Labute approximate surface area is 127 Å². The molecular formula is C15H24N2O3S. The molecule has 0 heterocycles. The van der Waals surface area contributed by atoms with Gasteiger partial charge in [-0.05, 0) is 43.0 Å². The number of methoxy groups -OCH3 is 1. The lowest BCUT2D eigenvalue weighted by molar-refractivity contribution is 0.407. The van der Waals surface area contributed by atoms with Crippen molar-refractivity contribution in [2.24, 2.45) is 5.41 Å². The Kier molecular flexibility index (Phi) is 4.91. The molecule has 0 radical (unpaired) electrons. The highest BCUT2D eigenvalue weighted by molar-refractivity contribution is 7.89. The third-order valence-corrected chi connectivity index (χ3v) is 5.32. The number of rotatable bonds is 8. The Bertz CT molecular complexity index is 595. The molecule has 1 fully saturated rings. The third kappa shape index (κ3) is 4.18. The molecule has 0 bridgehead atoms. The SMILES string of the molecule is CCNCc1cc(S(=O)(=O)NCC2(C)CC2)ccc1OC. The lowest BCUT2D eigenvalue weighted by Crippen LogP contribution is -2.29. The molecule has 0 amide bonds. The molecule has 1 saturated carbocycles. The monoisotopic (exact) mass is 312 g/mol. The van der Waals surface area contributed by atoms with E-state index in [2.05, 4.69) is 17.0 Å². The zero-order chi connectivity index (χ0) is 15.5. The summed E-state index contributed by atoms with van der Waals surface area (Å²) in [5.41, 5.74) is 0.992. The minimum Gasteiger partial charge on any atom is -0.496 e. The van der Waals surface area contributed by atoms with E-state index in [1.165, 1.54) is 0 Å². The van der Waals surface area contributed by atoms with Gasteiger partial charge in [0.2, 0.25) is 10.0 Å². The Morgan fingerprint density at radius 1 is 1.33 bits per heavy atom. The molecule has 0 saturated heterocycles. The van der Waals surface area contributed by atoms with E-state index in [4.69, 9.17) is 4.74 Å². The van der Waals surface area contributed by atoms with Crippen LogP contribution in [0.4, 0.5) is 0 Å². The van der Waals surface area contributed by atoms with Gasteiger partial charge in [-0.1, -0.05) is 13.8 Å². The number of hydrogen-bond donors (Lipinski definition) is 2. The maximum Gasteiger partial charge on any atom is 0.240 e. The smallest absolute Gasteiger partial charge is 0.240 e. The second kappa shape index (κ2) is 6.34. The maximum atomic E-state index is 12.4. The van der Waals surface area contributed by atoms with Crippen LogP contribution in [0.2, 0.25) is 0 Å². The van der Waals surface area contributed by atoms with Crippen LogP contribution in [0.3, 0.4) is 0 Å². The normalized spacial score (nSPS) is 16.7. The van der Waals surface area contributed by atoms with Crippen molar-refractivity contribution in [3.8, 4) is 5.75 Å². The molecule has 0 spiro atoms. The van der Waals surface area contributed by atoms with Crippen LogP contribution in [0.15, 0.2) is 23.1 Å². The summed E-state index contributed by atoms with van der Waals surface area (Å²) in [6.07, 6.45) is 2.17. The summed E-state index contributed by atoms with van der Waals surface area (Å²) >= 11 is 0. The van der Waals surface area contributed by atoms with Crippen molar-refractivity contribution in [2.75, 3.05) is 20.2 Å². The van der Waals surface area contributed by atoms with Crippen molar-refractivity contribution in [1.82, 2.24) is 10.0 Å². The molecule has 1 aromatic carbocycles. The van der Waals surface area contributed by atoms with E-state index < -0.39 is 10.0 Å². The van der Waals surface area contributed by atoms with Crippen molar-refractivity contribution < 1.29 is 13.2 Å². The van der Waals surface area contributed by atoms with Crippen LogP contribution < -0.4 is 14.8 Å². The predicted molar refractivity (Wildman–Crippen MR) is 82.9 cm³/mol. The number of benzene rings is 1. The Morgan fingerprint density at radius 2 is 2.05 bits per heavy atom. The number of ether oxygens (including phenoxy) is 1. The van der Waals surface area contributed by atoms with Gasteiger partial charge < -0.3 is 10.1 Å². The van der Waals surface area contributed by atoms with Crippen molar-refractivity contribution in [2.45, 2.75) is 38.1 Å². The molecule has 1 aromatic rings. The number of hydrogen-bond acceptors (Lipinski definition) is 4. The van der Waals surface area contributed by atoms with Gasteiger partial charge in [-0.25, -0.2) is 13.1 Å². The molecule has 1 aliphatic rings. The van der Waals surface area contributed by atoms with Gasteiger partial charge in [-0.2, -0.15) is 0 Å². The largest absolute Gasteiger partial charge is 0.496 e. The molecule has 2 N–H and O–H groups in total. The topological polar surface area (TPSA) is 67.4 Å². The average Bonchev–Trinajstić information content (AvgIpc) is 3.21. The van der Waals surface area contributed by atoms with Crippen molar-refractivity contribution >= 4 is 10.0 Å². The summed E-state index contributed by atoms with van der Waals surface area (Å²) in [4.78, 5) is 0.292. The van der Waals surface area contributed by atoms with Crippen LogP contribution in [0.25, 0.3) is 0 Å². The lowest BCUT2D eigenvalue weighted by Gasteiger charge is -2.14. The fourth-order valence-electron chi connectivity index (χ4n) is 2.06. The molecule has 0 aliphatic heterocycles. The minimum atomic E-state index is -3.46. The highest BCUT2D eigenvalue weighted by Gasteiger charge is 2.38. The van der Waals surface area contributed by atoms with Crippen molar-refractivity contribution in [3.63, 3.8) is 0 Å². The first-order chi connectivity index (χ1) is 9.90. The van der Waals surface area contributed by atoms with Gasteiger partial charge in [0.05, 0.1) is 12.0 Å². The molecular weight excluding hydrogens is 288 g/mol. The van der Waals surface area contributed by atoms with E-state index >= 15 is 0 Å². The maximum absolute atomic E-state index is 12.4. The van der Waals surface area contributed by atoms with Crippen LogP contribution in [0.1, 0.15) is 32.3 Å². The quantitative estimate of drug-likeness (QED) is 0.769. The molecule has 0 aromatic heterocycles. The minimum absolute atomic E-state index is 0.145. The Balaban J connectivity index is 2.17. The van der Waals surface area contributed by atoms with E-state index in [-0.39, 0.29) is 5.41 Å². The van der Waals surface area contributed by atoms with Crippen LogP contribution >= 0.6 is 0 Å². The fraction of sp³-hybridized carbons (Fsp3) is 0.600. The highest BCUT2D eigenvalue weighted by Crippen LogP contribution is 2.44. The fourth-order valence-corrected chi connectivity index (χ4v) is 3.31. The van der Waals surface area contributed by atoms with Gasteiger partial charge in [0.1, 0.15) is 5.75 Å². The second-order valence-electron chi connectivity index (χ2n) is 5.89. The van der Waals surface area contributed by atoms with Crippen molar-refractivity contribution in [1.29, 1.82) is 0 Å². The standard InChI is InChI=1S/C15H24N2O3S/c1-4-16-10-12-9-13(5-6-14(12)20-3)21(18,19)17-11-15(2)7-8-15/h5-6,9,16-17H,4,7-8,10-11H2,1-3H3. The summed E-state index contributed by atoms with van der Waals surface area (Å²) in [6, 6.07) is 4.98. The predicted octanol–water partition coefficient (Wildman–Crippen LogP) is 1.88. The summed E-state index contributed by atoms with van der Waals surface area (Å²) in [5, 5.41) is 3.19. The van der Waals surface area contributed by atoms with Gasteiger partial charge in [0.15, 0.2) is 0 Å². The molecule has 0 atom stereocenters. The number of sulfonamides is 1. The van der Waals surface area contributed by atoms with Gasteiger partial charge in [-0.3, -0.25) is 0 Å². The van der Waals surface area contributed by atoms with Crippen LogP contribution in [-0.4, -0.2) is 28.6 Å². The van der Waals surface area contributed by atoms with Gasteiger partial charge in [0.25, 0.3) is 0 Å². The van der Waals surface area contributed by atoms with E-state index in [0.717, 1.165) is 24.9 Å². The number of nitrogens with one attached hydrogen (secondary N) is 2. The third-order valence-electron chi connectivity index (χ3n) is 3.92. The molecule has 118 valence electrons. The van der Waals surface area contributed by atoms with E-state index in [1.807, 2.05) is 6.92 Å². The highest BCUT2D eigenvalue weighted by atomic mass is 32.2. The summed E-state index contributed by atoms with van der Waals surface area (Å²) < 4.78 is 32.7. The first kappa shape index (κ1) is 16.3. The average molecular weight is 312 g/mol. The zero-order valence-electron chi connectivity index (χ0n) is 12.9. The zero-order valence-corrected chi connectivity index (χ0v) is 13.7. The van der Waals surface area contributed by atoms with Crippen LogP contribution in [0, 0.1) is 5.41 Å². The molecule has 1 aliphatic carbocycles. The summed E-state index contributed by atoms with van der Waals surface area (Å²) in [7, 11) is -1.87. The molecule has 2 rings (SSSR count). The first-order valence-electron chi connectivity index (χ1n) is 7.27. The first-order valence-corrected chi connectivity index (χ1v) is 8.76. The van der Waals surface area contributed by atoms with Crippen LogP contribution in [-0.2, 0) is 16.6 Å². The molecule has 21 heavy (non-hydrogen) atoms. The summed E-state index contributed by atoms with van der Waals surface area (Å²) in [5.74, 6) is 0.698. The van der Waals surface area contributed by atoms with Gasteiger partial charge in [-0.15, -0.1) is 0 Å². The van der Waals surface area contributed by atoms with Crippen molar-refractivity contribution in [3.05, 3.63) is 23.8 Å². The van der Waals surface area contributed by atoms with E-state index in [1.54, 1.807) is 25.3 Å². The van der Waals surface area contributed by atoms with E-state index in [0.29, 0.717) is 23.7 Å². The summed E-state index contributed by atoms with van der Waals surface area (Å²) in [6.45, 7) is 6.01. The van der Waals surface area contributed by atoms with Crippen LogP contribution in [0.5, 0.6) is 5.75 Å². The second-order valence-corrected chi connectivity index (χ2v) is 7.66.